The smallest absolute Gasteiger partial charge is 0.253 e. The molecule has 2 fully saturated rings. The first kappa shape index (κ1) is 16.9. The molecule has 0 saturated heterocycles. The zero-order valence-corrected chi connectivity index (χ0v) is 14.1. The second kappa shape index (κ2) is 6.91. The number of carbonyl (C=O) groups is 2. The topological polar surface area (TPSA) is 93.5 Å². The molecule has 0 heterocycles. The van der Waals surface area contributed by atoms with Crippen LogP contribution >= 0.6 is 0 Å². The van der Waals surface area contributed by atoms with Crippen LogP contribution in [0.3, 0.4) is 0 Å². The largest absolute Gasteiger partial charge is 0.372 e. The van der Waals surface area contributed by atoms with Gasteiger partial charge in [-0.15, -0.1) is 0 Å². The fourth-order valence-corrected chi connectivity index (χ4v) is 3.98. The van der Waals surface area contributed by atoms with Gasteiger partial charge in [0.1, 0.15) is 6.10 Å². The number of benzene rings is 1. The lowest BCUT2D eigenvalue weighted by Gasteiger charge is -2.27. The monoisotopic (exact) mass is 331 g/mol. The predicted octanol–water partition coefficient (Wildman–Crippen LogP) is 1.97. The Bertz CT molecular complexity index is 632. The molecule has 0 aromatic heterocycles. The molecule has 0 radical (unpaired) electrons. The van der Waals surface area contributed by atoms with Crippen LogP contribution < -0.4 is 16.4 Å². The summed E-state index contributed by atoms with van der Waals surface area (Å²) >= 11 is 0. The Morgan fingerprint density at radius 3 is 2.50 bits per heavy atom. The summed E-state index contributed by atoms with van der Waals surface area (Å²) in [5.74, 6) is 0.567. The molecule has 6 heteroatoms. The Labute approximate surface area is 142 Å². The Balaban J connectivity index is 1.64. The fourth-order valence-electron chi connectivity index (χ4n) is 3.98. The molecule has 0 spiro atoms. The molecule has 130 valence electrons. The Kier molecular flexibility index (Phi) is 4.87. The van der Waals surface area contributed by atoms with Gasteiger partial charge in [-0.1, -0.05) is 6.07 Å². The van der Waals surface area contributed by atoms with Crippen molar-refractivity contribution in [2.75, 3.05) is 17.7 Å². The number of nitrogens with two attached hydrogens (primary N) is 1. The van der Waals surface area contributed by atoms with Gasteiger partial charge in [-0.05, 0) is 56.2 Å². The Hall–Kier alpha value is -1.92. The number of hydrogen-bond donors (Lipinski definition) is 3. The summed E-state index contributed by atoms with van der Waals surface area (Å²) in [6.07, 6.45) is 2.79. The maximum absolute atomic E-state index is 12.6. The molecule has 4 N–H and O–H groups in total. The number of carbonyl (C=O) groups excluding carboxylic acids is 2. The highest BCUT2D eigenvalue weighted by atomic mass is 16.5. The molecule has 2 amide bonds. The van der Waals surface area contributed by atoms with Gasteiger partial charge >= 0.3 is 0 Å². The van der Waals surface area contributed by atoms with E-state index in [1.54, 1.807) is 25.1 Å². The van der Waals surface area contributed by atoms with Gasteiger partial charge in [0, 0.05) is 24.5 Å². The highest BCUT2D eigenvalue weighted by molar-refractivity contribution is 5.96. The third-order valence-electron chi connectivity index (χ3n) is 5.40. The molecule has 5 atom stereocenters. The lowest BCUT2D eigenvalue weighted by Crippen LogP contribution is -2.42. The molecule has 3 rings (SSSR count). The highest BCUT2D eigenvalue weighted by Gasteiger charge is 2.49. The maximum Gasteiger partial charge on any atom is 0.253 e. The number of rotatable bonds is 5. The van der Waals surface area contributed by atoms with E-state index >= 15 is 0 Å². The minimum Gasteiger partial charge on any atom is -0.372 e. The normalized spacial score (nSPS) is 29.3. The average Bonchev–Trinajstić information content (AvgIpc) is 3.15. The van der Waals surface area contributed by atoms with Crippen molar-refractivity contribution >= 4 is 23.2 Å². The molecular formula is C18H25N3O3. The molecule has 24 heavy (non-hydrogen) atoms. The van der Waals surface area contributed by atoms with Crippen LogP contribution in [0.1, 0.15) is 26.2 Å². The van der Waals surface area contributed by atoms with Crippen LogP contribution in [0.15, 0.2) is 24.3 Å². The zero-order chi connectivity index (χ0) is 17.3. The van der Waals surface area contributed by atoms with Gasteiger partial charge in [0.05, 0.1) is 5.92 Å². The Morgan fingerprint density at radius 1 is 1.21 bits per heavy atom. The molecule has 0 aliphatic heterocycles. The van der Waals surface area contributed by atoms with E-state index in [-0.39, 0.29) is 23.8 Å². The van der Waals surface area contributed by atoms with Gasteiger partial charge in [0.2, 0.25) is 5.91 Å². The molecule has 1 aromatic carbocycles. The van der Waals surface area contributed by atoms with E-state index in [1.807, 2.05) is 6.07 Å². The second-order valence-electron chi connectivity index (χ2n) is 6.87. The van der Waals surface area contributed by atoms with E-state index in [0.717, 1.165) is 19.3 Å². The molecule has 6 nitrogen and oxygen atoms in total. The number of methoxy groups -OCH3 is 1. The molecule has 5 unspecified atom stereocenters. The number of fused-ring (bicyclic) bond motifs is 2. The Morgan fingerprint density at radius 2 is 1.88 bits per heavy atom. The van der Waals surface area contributed by atoms with Crippen molar-refractivity contribution in [1.82, 2.24) is 0 Å². The lowest BCUT2D eigenvalue weighted by atomic mass is 9.84. The van der Waals surface area contributed by atoms with Gasteiger partial charge in [-0.25, -0.2) is 0 Å². The maximum atomic E-state index is 12.6. The average molecular weight is 331 g/mol. The molecule has 1 aromatic rings. The van der Waals surface area contributed by atoms with Crippen molar-refractivity contribution < 1.29 is 14.3 Å². The summed E-state index contributed by atoms with van der Waals surface area (Å²) < 4.78 is 4.99. The third kappa shape index (κ3) is 3.30. The standard InChI is InChI=1S/C18H25N3O3/c1-10(24-2)17(22)20-13-4-3-5-14(9-13)21-18(23)15-11-6-7-12(8-11)16(15)19/h3-5,9-12,15-16H,6-8,19H2,1-2H3,(H,20,22)(H,21,23). The molecule has 2 aliphatic carbocycles. The van der Waals surface area contributed by atoms with Gasteiger partial charge in [-0.3, -0.25) is 9.59 Å². The van der Waals surface area contributed by atoms with Crippen molar-refractivity contribution in [2.24, 2.45) is 23.5 Å². The summed E-state index contributed by atoms with van der Waals surface area (Å²) in [5, 5.41) is 5.73. The third-order valence-corrected chi connectivity index (χ3v) is 5.40. The summed E-state index contributed by atoms with van der Waals surface area (Å²) in [6.45, 7) is 1.68. The highest BCUT2D eigenvalue weighted by Crippen LogP contribution is 2.47. The van der Waals surface area contributed by atoms with Crippen LogP contribution in [0, 0.1) is 17.8 Å². The van der Waals surface area contributed by atoms with Crippen molar-refractivity contribution in [3.63, 3.8) is 0 Å². The van der Waals surface area contributed by atoms with Gasteiger partial charge < -0.3 is 21.1 Å². The van der Waals surface area contributed by atoms with Crippen LogP contribution in [0.5, 0.6) is 0 Å². The van der Waals surface area contributed by atoms with E-state index in [4.69, 9.17) is 10.5 Å². The molecular weight excluding hydrogens is 306 g/mol. The zero-order valence-electron chi connectivity index (χ0n) is 14.1. The van der Waals surface area contributed by atoms with Crippen LogP contribution in [0.25, 0.3) is 0 Å². The molecule has 2 aliphatic rings. The molecule has 2 bridgehead atoms. The quantitative estimate of drug-likeness (QED) is 0.769. The predicted molar refractivity (Wildman–Crippen MR) is 92.5 cm³/mol. The van der Waals surface area contributed by atoms with Gasteiger partial charge in [0.15, 0.2) is 0 Å². The van der Waals surface area contributed by atoms with E-state index in [9.17, 15) is 9.59 Å². The first-order valence-electron chi connectivity index (χ1n) is 8.49. The second-order valence-corrected chi connectivity index (χ2v) is 6.87. The molecule has 2 saturated carbocycles. The van der Waals surface area contributed by atoms with E-state index < -0.39 is 6.10 Å². The number of nitrogens with one attached hydrogen (secondary N) is 2. The lowest BCUT2D eigenvalue weighted by molar-refractivity contribution is -0.124. The van der Waals surface area contributed by atoms with E-state index in [0.29, 0.717) is 23.2 Å². The fraction of sp³-hybridized carbons (Fsp3) is 0.556. The minimum atomic E-state index is -0.532. The van der Waals surface area contributed by atoms with Crippen LogP contribution in [-0.4, -0.2) is 31.1 Å². The first-order chi connectivity index (χ1) is 11.5. The summed E-state index contributed by atoms with van der Waals surface area (Å²) in [7, 11) is 1.49. The SMILES string of the molecule is COC(C)C(=O)Nc1cccc(NC(=O)C2C3CCC(C3)C2N)c1. The number of amides is 2. The van der Waals surface area contributed by atoms with Crippen LogP contribution in [0.4, 0.5) is 11.4 Å². The van der Waals surface area contributed by atoms with Crippen molar-refractivity contribution in [3.05, 3.63) is 24.3 Å². The number of hydrogen-bond acceptors (Lipinski definition) is 4. The minimum absolute atomic E-state index is 0.0107. The first-order valence-corrected chi connectivity index (χ1v) is 8.49. The number of anilines is 2. The summed E-state index contributed by atoms with van der Waals surface area (Å²) in [5.41, 5.74) is 7.52. The van der Waals surface area contributed by atoms with Gasteiger partial charge in [-0.2, -0.15) is 0 Å². The van der Waals surface area contributed by atoms with Crippen molar-refractivity contribution in [1.29, 1.82) is 0 Å². The summed E-state index contributed by atoms with van der Waals surface area (Å²) in [4.78, 5) is 24.5. The number of ether oxygens (including phenoxy) is 1. The van der Waals surface area contributed by atoms with Crippen LogP contribution in [-0.2, 0) is 14.3 Å². The summed E-state index contributed by atoms with van der Waals surface area (Å²) in [6, 6.07) is 7.10. The van der Waals surface area contributed by atoms with Gasteiger partial charge in [0.25, 0.3) is 5.91 Å². The van der Waals surface area contributed by atoms with E-state index in [2.05, 4.69) is 10.6 Å². The van der Waals surface area contributed by atoms with Crippen molar-refractivity contribution in [2.45, 2.75) is 38.3 Å². The van der Waals surface area contributed by atoms with E-state index in [1.165, 1.54) is 7.11 Å². The van der Waals surface area contributed by atoms with Crippen molar-refractivity contribution in [3.8, 4) is 0 Å². The van der Waals surface area contributed by atoms with Crippen LogP contribution in [0.2, 0.25) is 0 Å².